The number of carbonyl (C=O) groups is 1. The van der Waals surface area contributed by atoms with Crippen molar-refractivity contribution in [3.8, 4) is 0 Å². The van der Waals surface area contributed by atoms with Crippen molar-refractivity contribution < 1.29 is 13.9 Å². The molecule has 0 bridgehead atoms. The lowest BCUT2D eigenvalue weighted by Crippen LogP contribution is -2.27. The smallest absolute Gasteiger partial charge is 0.287 e. The number of amides is 1. The molecule has 0 saturated heterocycles. The van der Waals surface area contributed by atoms with E-state index in [0.29, 0.717) is 25.5 Å². The predicted molar refractivity (Wildman–Crippen MR) is 78.9 cm³/mol. The molecule has 2 aromatic rings. The monoisotopic (exact) mass is 273 g/mol. The second-order valence-corrected chi connectivity index (χ2v) is 4.92. The lowest BCUT2D eigenvalue weighted by molar-refractivity contribution is 0.0902. The molecule has 0 saturated carbocycles. The normalized spacial score (nSPS) is 10.7. The van der Waals surface area contributed by atoms with E-state index in [-0.39, 0.29) is 5.91 Å². The largest absolute Gasteiger partial charge is 0.451 e. The Bertz CT molecular complexity index is 628. The van der Waals surface area contributed by atoms with E-state index in [0.717, 1.165) is 22.1 Å². The number of ether oxygens (including phenoxy) is 1. The summed E-state index contributed by atoms with van der Waals surface area (Å²) in [6.45, 7) is 9.06. The summed E-state index contributed by atoms with van der Waals surface area (Å²) in [5.41, 5.74) is 2.82. The first-order valence-corrected chi connectivity index (χ1v) is 6.57. The summed E-state index contributed by atoms with van der Waals surface area (Å²) in [5, 5.41) is 3.70. The summed E-state index contributed by atoms with van der Waals surface area (Å²) in [5.74, 6) is 0.100. The van der Waals surface area contributed by atoms with Gasteiger partial charge < -0.3 is 14.5 Å². The molecule has 0 aliphatic heterocycles. The average molecular weight is 273 g/mol. The minimum atomic E-state index is -0.224. The minimum absolute atomic E-state index is 0.224. The molecule has 1 amide bonds. The van der Waals surface area contributed by atoms with Gasteiger partial charge in [0.15, 0.2) is 5.76 Å². The fraction of sp³-hybridized carbons (Fsp3) is 0.312. The molecule has 2 rings (SSSR count). The Morgan fingerprint density at radius 2 is 2.20 bits per heavy atom. The van der Waals surface area contributed by atoms with Crippen molar-refractivity contribution in [1.29, 1.82) is 0 Å². The van der Waals surface area contributed by atoms with Crippen molar-refractivity contribution in [3.63, 3.8) is 0 Å². The molecule has 4 nitrogen and oxygen atoms in total. The van der Waals surface area contributed by atoms with E-state index in [9.17, 15) is 4.79 Å². The third-order valence-corrected chi connectivity index (χ3v) is 2.78. The highest BCUT2D eigenvalue weighted by atomic mass is 16.5. The summed E-state index contributed by atoms with van der Waals surface area (Å²) in [6.07, 6.45) is 0. The number of aryl methyl sites for hydroxylation is 1. The second-order valence-electron chi connectivity index (χ2n) is 4.92. The molecule has 0 aliphatic carbocycles. The topological polar surface area (TPSA) is 51.5 Å². The summed E-state index contributed by atoms with van der Waals surface area (Å²) in [7, 11) is 0. The van der Waals surface area contributed by atoms with Crippen LogP contribution in [0, 0.1) is 6.92 Å². The molecule has 106 valence electrons. The summed E-state index contributed by atoms with van der Waals surface area (Å²) in [6, 6.07) is 7.58. The van der Waals surface area contributed by atoms with Crippen molar-refractivity contribution in [3.05, 3.63) is 47.7 Å². The fourth-order valence-electron chi connectivity index (χ4n) is 1.84. The highest BCUT2D eigenvalue weighted by Crippen LogP contribution is 2.20. The van der Waals surface area contributed by atoms with E-state index in [4.69, 9.17) is 9.15 Å². The van der Waals surface area contributed by atoms with Crippen molar-refractivity contribution >= 4 is 16.9 Å². The molecule has 1 aromatic heterocycles. The third-order valence-electron chi connectivity index (χ3n) is 2.78. The molecule has 0 atom stereocenters. The zero-order valence-electron chi connectivity index (χ0n) is 11.9. The maximum absolute atomic E-state index is 11.9. The number of nitrogens with one attached hydrogen (secondary N) is 1. The Morgan fingerprint density at radius 3 is 2.95 bits per heavy atom. The van der Waals surface area contributed by atoms with Crippen LogP contribution in [-0.4, -0.2) is 25.7 Å². The zero-order valence-corrected chi connectivity index (χ0v) is 11.9. The highest BCUT2D eigenvalue weighted by Gasteiger charge is 2.11. The molecule has 0 fully saturated rings. The number of furan rings is 1. The molecule has 4 heteroatoms. The van der Waals surface area contributed by atoms with Gasteiger partial charge in [-0.3, -0.25) is 4.79 Å². The van der Waals surface area contributed by atoms with E-state index in [1.165, 1.54) is 0 Å². The van der Waals surface area contributed by atoms with Gasteiger partial charge in [0, 0.05) is 11.9 Å². The van der Waals surface area contributed by atoms with E-state index in [2.05, 4.69) is 11.9 Å². The Labute approximate surface area is 118 Å². The van der Waals surface area contributed by atoms with Crippen LogP contribution in [0.1, 0.15) is 23.0 Å². The molecular formula is C16H19NO3. The molecule has 0 radical (unpaired) electrons. The van der Waals surface area contributed by atoms with Crippen molar-refractivity contribution in [2.75, 3.05) is 19.8 Å². The van der Waals surface area contributed by atoms with Crippen LogP contribution < -0.4 is 5.32 Å². The van der Waals surface area contributed by atoms with Gasteiger partial charge in [-0.1, -0.05) is 23.8 Å². The first kappa shape index (κ1) is 14.3. The van der Waals surface area contributed by atoms with E-state index < -0.39 is 0 Å². The van der Waals surface area contributed by atoms with Gasteiger partial charge in [0.25, 0.3) is 5.91 Å². The van der Waals surface area contributed by atoms with Crippen LogP contribution in [0.15, 0.2) is 40.8 Å². The van der Waals surface area contributed by atoms with Crippen molar-refractivity contribution in [2.24, 2.45) is 0 Å². The number of rotatable bonds is 6. The van der Waals surface area contributed by atoms with E-state index in [1.54, 1.807) is 6.07 Å². The maximum Gasteiger partial charge on any atom is 0.287 e. The Hall–Kier alpha value is -2.07. The van der Waals surface area contributed by atoms with Crippen LogP contribution in [0.4, 0.5) is 0 Å². The first-order valence-electron chi connectivity index (χ1n) is 6.57. The Kier molecular flexibility index (Phi) is 4.58. The van der Waals surface area contributed by atoms with E-state index in [1.807, 2.05) is 32.0 Å². The van der Waals surface area contributed by atoms with Crippen LogP contribution in [0.3, 0.4) is 0 Å². The van der Waals surface area contributed by atoms with E-state index >= 15 is 0 Å². The number of carbonyl (C=O) groups excluding carboxylic acids is 1. The van der Waals surface area contributed by atoms with Crippen LogP contribution in [0.2, 0.25) is 0 Å². The number of fused-ring (bicyclic) bond motifs is 1. The van der Waals surface area contributed by atoms with Gasteiger partial charge in [-0.15, -0.1) is 0 Å². The molecule has 1 aromatic carbocycles. The molecule has 1 N–H and O–H groups in total. The first-order chi connectivity index (χ1) is 9.56. The number of hydrogen-bond acceptors (Lipinski definition) is 3. The molecule has 20 heavy (non-hydrogen) atoms. The molecule has 0 unspecified atom stereocenters. The zero-order chi connectivity index (χ0) is 14.5. The average Bonchev–Trinajstić information content (AvgIpc) is 2.80. The van der Waals surface area contributed by atoms with Gasteiger partial charge in [0.1, 0.15) is 5.58 Å². The van der Waals surface area contributed by atoms with Gasteiger partial charge in [0.2, 0.25) is 0 Å². The molecule has 0 spiro atoms. The standard InChI is InChI=1S/C16H19NO3/c1-11(2)10-19-7-6-17-16(18)15-9-13-8-12(3)4-5-14(13)20-15/h4-5,8-9H,1,6-7,10H2,2-3H3,(H,17,18). The fourth-order valence-corrected chi connectivity index (χ4v) is 1.84. The molecule has 1 heterocycles. The highest BCUT2D eigenvalue weighted by molar-refractivity contribution is 5.96. The third kappa shape index (κ3) is 3.71. The van der Waals surface area contributed by atoms with Crippen molar-refractivity contribution in [2.45, 2.75) is 13.8 Å². The molecule has 0 aliphatic rings. The molecular weight excluding hydrogens is 254 g/mol. The quantitative estimate of drug-likeness (QED) is 0.650. The van der Waals surface area contributed by atoms with Gasteiger partial charge >= 0.3 is 0 Å². The minimum Gasteiger partial charge on any atom is -0.451 e. The summed E-state index contributed by atoms with van der Waals surface area (Å²) >= 11 is 0. The number of benzene rings is 1. The van der Waals surface area contributed by atoms with Crippen molar-refractivity contribution in [1.82, 2.24) is 5.32 Å². The van der Waals surface area contributed by atoms with Crippen LogP contribution in [0.25, 0.3) is 11.0 Å². The Balaban J connectivity index is 1.89. The van der Waals surface area contributed by atoms with Gasteiger partial charge in [-0.2, -0.15) is 0 Å². The van der Waals surface area contributed by atoms with Gasteiger partial charge in [-0.25, -0.2) is 0 Å². The lowest BCUT2D eigenvalue weighted by atomic mass is 10.2. The SMILES string of the molecule is C=C(C)COCCNC(=O)c1cc2cc(C)ccc2o1. The summed E-state index contributed by atoms with van der Waals surface area (Å²) in [4.78, 5) is 11.9. The summed E-state index contributed by atoms with van der Waals surface area (Å²) < 4.78 is 10.8. The second kappa shape index (κ2) is 6.39. The van der Waals surface area contributed by atoms with Crippen LogP contribution in [0.5, 0.6) is 0 Å². The Morgan fingerprint density at radius 1 is 1.40 bits per heavy atom. The number of hydrogen-bond donors (Lipinski definition) is 1. The van der Waals surface area contributed by atoms with Gasteiger partial charge in [-0.05, 0) is 32.0 Å². The lowest BCUT2D eigenvalue weighted by Gasteiger charge is -2.04. The predicted octanol–water partition coefficient (Wildman–Crippen LogP) is 3.06. The van der Waals surface area contributed by atoms with Gasteiger partial charge in [0.05, 0.1) is 13.2 Å². The van der Waals surface area contributed by atoms with Crippen LogP contribution >= 0.6 is 0 Å². The maximum atomic E-state index is 11.9. The van der Waals surface area contributed by atoms with Crippen LogP contribution in [-0.2, 0) is 4.74 Å².